The predicted molar refractivity (Wildman–Crippen MR) is 78.1 cm³/mol. The zero-order valence-corrected chi connectivity index (χ0v) is 12.1. The first-order valence-corrected chi connectivity index (χ1v) is 6.43. The second kappa shape index (κ2) is 6.74. The van der Waals surface area contributed by atoms with E-state index in [1.165, 1.54) is 12.1 Å². The van der Waals surface area contributed by atoms with Crippen molar-refractivity contribution < 1.29 is 19.5 Å². The zero-order chi connectivity index (χ0) is 16.2. The minimum absolute atomic E-state index is 0.142. The van der Waals surface area contributed by atoms with Crippen LogP contribution in [-0.4, -0.2) is 29.1 Å². The summed E-state index contributed by atoms with van der Waals surface area (Å²) in [5, 5.41) is 14.0. The lowest BCUT2D eigenvalue weighted by Gasteiger charge is -2.20. The molecule has 0 aliphatic heterocycles. The minimum atomic E-state index is -1.03. The molecule has 1 rings (SSSR count). The molecule has 0 spiro atoms. The molecule has 0 saturated heterocycles. The van der Waals surface area contributed by atoms with Gasteiger partial charge in [0.2, 0.25) is 5.91 Å². The van der Waals surface area contributed by atoms with Crippen molar-refractivity contribution in [2.24, 2.45) is 11.7 Å². The van der Waals surface area contributed by atoms with Crippen molar-refractivity contribution in [3.63, 3.8) is 0 Å². The van der Waals surface area contributed by atoms with Crippen LogP contribution in [0.5, 0.6) is 0 Å². The Balaban J connectivity index is 2.89. The number of hydrogen-bond acceptors (Lipinski definition) is 3. The third-order valence-electron chi connectivity index (χ3n) is 2.97. The molecule has 5 N–H and O–H groups in total. The molecule has 0 aliphatic carbocycles. The van der Waals surface area contributed by atoms with Crippen LogP contribution in [0.1, 0.15) is 29.8 Å². The predicted octanol–water partition coefficient (Wildman–Crippen LogP) is 1.32. The Morgan fingerprint density at radius 2 is 1.86 bits per heavy atom. The molecular formula is C14H19N3O4. The topological polar surface area (TPSA) is 122 Å². The molecule has 1 aromatic rings. The summed E-state index contributed by atoms with van der Waals surface area (Å²) >= 11 is 0. The molecule has 0 aromatic heterocycles. The largest absolute Gasteiger partial charge is 0.478 e. The lowest BCUT2D eigenvalue weighted by molar-refractivity contribution is -0.118. The van der Waals surface area contributed by atoms with E-state index in [1.807, 2.05) is 0 Å². The van der Waals surface area contributed by atoms with Gasteiger partial charge in [-0.05, 0) is 36.6 Å². The fraction of sp³-hybridized carbons (Fsp3) is 0.357. The van der Waals surface area contributed by atoms with Crippen molar-refractivity contribution in [1.29, 1.82) is 0 Å². The fourth-order valence-electron chi connectivity index (χ4n) is 1.89. The van der Waals surface area contributed by atoms with Gasteiger partial charge in [-0.2, -0.15) is 0 Å². The number of aryl methyl sites for hydroxylation is 1. The first-order valence-electron chi connectivity index (χ1n) is 6.43. The smallest absolute Gasteiger partial charge is 0.335 e. The van der Waals surface area contributed by atoms with Crippen molar-refractivity contribution >= 4 is 23.6 Å². The van der Waals surface area contributed by atoms with Gasteiger partial charge in [0.1, 0.15) is 6.04 Å². The van der Waals surface area contributed by atoms with Gasteiger partial charge in [-0.3, -0.25) is 4.79 Å². The fourth-order valence-corrected chi connectivity index (χ4v) is 1.89. The van der Waals surface area contributed by atoms with Gasteiger partial charge in [0.05, 0.1) is 5.56 Å². The van der Waals surface area contributed by atoms with Crippen LogP contribution >= 0.6 is 0 Å². The number of nitrogens with two attached hydrogens (primary N) is 1. The average molecular weight is 293 g/mol. The molecule has 0 aliphatic rings. The van der Waals surface area contributed by atoms with Gasteiger partial charge in [0.15, 0.2) is 0 Å². The third-order valence-corrected chi connectivity index (χ3v) is 2.97. The molecule has 3 amide bonds. The van der Waals surface area contributed by atoms with Crippen LogP contribution in [-0.2, 0) is 4.79 Å². The Hall–Kier alpha value is -2.57. The Morgan fingerprint density at radius 1 is 1.24 bits per heavy atom. The number of urea groups is 1. The van der Waals surface area contributed by atoms with Gasteiger partial charge in [-0.15, -0.1) is 0 Å². The van der Waals surface area contributed by atoms with Crippen molar-refractivity contribution in [3.05, 3.63) is 29.3 Å². The van der Waals surface area contributed by atoms with Crippen LogP contribution in [0.3, 0.4) is 0 Å². The second-order valence-corrected chi connectivity index (χ2v) is 5.05. The van der Waals surface area contributed by atoms with Gasteiger partial charge in [0.25, 0.3) is 0 Å². The molecular weight excluding hydrogens is 274 g/mol. The van der Waals surface area contributed by atoms with Crippen LogP contribution in [0.4, 0.5) is 10.5 Å². The third kappa shape index (κ3) is 4.48. The molecule has 21 heavy (non-hydrogen) atoms. The summed E-state index contributed by atoms with van der Waals surface area (Å²) in [4.78, 5) is 34.0. The van der Waals surface area contributed by atoms with E-state index in [4.69, 9.17) is 10.8 Å². The molecule has 0 bridgehead atoms. The quantitative estimate of drug-likeness (QED) is 0.654. The summed E-state index contributed by atoms with van der Waals surface area (Å²) in [5.41, 5.74) is 6.20. The molecule has 0 heterocycles. The number of carboxylic acid groups (broad SMARTS) is 1. The molecule has 0 radical (unpaired) electrons. The molecule has 0 fully saturated rings. The highest BCUT2D eigenvalue weighted by Crippen LogP contribution is 2.16. The number of hydrogen-bond donors (Lipinski definition) is 4. The highest BCUT2D eigenvalue weighted by atomic mass is 16.4. The summed E-state index contributed by atoms with van der Waals surface area (Å²) in [6, 6.07) is 2.93. The Morgan fingerprint density at radius 3 is 2.29 bits per heavy atom. The van der Waals surface area contributed by atoms with E-state index in [1.54, 1.807) is 26.8 Å². The second-order valence-electron chi connectivity index (χ2n) is 5.05. The number of anilines is 1. The van der Waals surface area contributed by atoms with E-state index in [9.17, 15) is 14.4 Å². The van der Waals surface area contributed by atoms with Gasteiger partial charge >= 0.3 is 12.0 Å². The number of benzene rings is 1. The summed E-state index contributed by atoms with van der Waals surface area (Å²) in [6.45, 7) is 5.19. The lowest BCUT2D eigenvalue weighted by Crippen LogP contribution is -2.49. The molecule has 114 valence electrons. The summed E-state index contributed by atoms with van der Waals surface area (Å²) in [5.74, 6) is -1.58. The molecule has 7 nitrogen and oxygen atoms in total. The van der Waals surface area contributed by atoms with Gasteiger partial charge in [-0.1, -0.05) is 13.8 Å². The molecule has 1 unspecified atom stereocenters. The number of primary amides is 1. The van der Waals surface area contributed by atoms with Gasteiger partial charge < -0.3 is 21.5 Å². The molecule has 1 aromatic carbocycles. The van der Waals surface area contributed by atoms with Crippen LogP contribution in [0, 0.1) is 12.8 Å². The normalized spacial score (nSPS) is 11.8. The highest BCUT2D eigenvalue weighted by Gasteiger charge is 2.23. The van der Waals surface area contributed by atoms with Crippen molar-refractivity contribution in [2.45, 2.75) is 26.8 Å². The van der Waals surface area contributed by atoms with Crippen LogP contribution in [0.15, 0.2) is 18.2 Å². The first kappa shape index (κ1) is 16.5. The Kier molecular flexibility index (Phi) is 5.29. The van der Waals surface area contributed by atoms with Crippen molar-refractivity contribution in [2.75, 3.05) is 5.32 Å². The number of nitrogens with one attached hydrogen (secondary N) is 2. The van der Waals surface area contributed by atoms with Crippen LogP contribution in [0.2, 0.25) is 0 Å². The molecule has 7 heteroatoms. The zero-order valence-electron chi connectivity index (χ0n) is 12.1. The Labute approximate surface area is 122 Å². The van der Waals surface area contributed by atoms with Crippen LogP contribution < -0.4 is 16.4 Å². The number of amides is 3. The highest BCUT2D eigenvalue weighted by molar-refractivity contribution is 5.98. The van der Waals surface area contributed by atoms with E-state index in [0.717, 1.165) is 0 Å². The summed E-state index contributed by atoms with van der Waals surface area (Å²) < 4.78 is 0. The number of carbonyl (C=O) groups excluding carboxylic acids is 2. The van der Waals surface area contributed by atoms with Gasteiger partial charge in [0, 0.05) is 5.69 Å². The van der Waals surface area contributed by atoms with E-state index < -0.39 is 23.9 Å². The average Bonchev–Trinajstić information content (AvgIpc) is 2.34. The van der Waals surface area contributed by atoms with E-state index >= 15 is 0 Å². The molecule has 1 atom stereocenters. The monoisotopic (exact) mass is 293 g/mol. The number of carboxylic acids is 1. The molecule has 0 saturated carbocycles. The number of rotatable bonds is 5. The van der Waals surface area contributed by atoms with E-state index in [-0.39, 0.29) is 11.5 Å². The maximum absolute atomic E-state index is 12.1. The number of aromatic carboxylic acids is 1. The Bertz CT molecular complexity index is 569. The van der Waals surface area contributed by atoms with Crippen molar-refractivity contribution in [1.82, 2.24) is 5.32 Å². The maximum atomic E-state index is 12.1. The van der Waals surface area contributed by atoms with E-state index in [2.05, 4.69) is 10.6 Å². The SMILES string of the molecule is Cc1cc(NC(=O)C(NC(N)=O)C(C)C)ccc1C(=O)O. The first-order chi connectivity index (χ1) is 9.72. The summed E-state index contributed by atoms with van der Waals surface area (Å²) in [6.07, 6.45) is 0. The lowest BCUT2D eigenvalue weighted by atomic mass is 10.0. The van der Waals surface area contributed by atoms with Crippen molar-refractivity contribution in [3.8, 4) is 0 Å². The van der Waals surface area contributed by atoms with E-state index in [0.29, 0.717) is 11.3 Å². The summed E-state index contributed by atoms with van der Waals surface area (Å²) in [7, 11) is 0. The standard InChI is InChI=1S/C14H19N3O4/c1-7(2)11(17-14(15)21)12(18)16-9-4-5-10(13(19)20)8(3)6-9/h4-7,11H,1-3H3,(H,16,18)(H,19,20)(H3,15,17,21). The maximum Gasteiger partial charge on any atom is 0.335 e. The minimum Gasteiger partial charge on any atom is -0.478 e. The van der Waals surface area contributed by atoms with Gasteiger partial charge in [-0.25, -0.2) is 9.59 Å². The van der Waals surface area contributed by atoms with Crippen LogP contribution in [0.25, 0.3) is 0 Å². The number of carbonyl (C=O) groups is 3.